The largest absolute Gasteiger partial charge is 0.495 e. The molecule has 0 atom stereocenters. The molecule has 0 aliphatic carbocycles. The molecule has 142 valence electrons. The second-order valence-corrected chi connectivity index (χ2v) is 8.11. The van der Waals surface area contributed by atoms with Crippen LogP contribution < -0.4 is 20.9 Å². The number of nitrogens with two attached hydrogens (primary N) is 2. The van der Waals surface area contributed by atoms with Crippen LogP contribution in [0.3, 0.4) is 0 Å². The SMILES string of the molecule is COc1cc(N)c2ncccc2c1SSc1c(OC)cc(N)c2ncccc12. The van der Waals surface area contributed by atoms with Crippen molar-refractivity contribution >= 4 is 54.8 Å². The van der Waals surface area contributed by atoms with Crippen LogP contribution in [0.15, 0.2) is 58.6 Å². The summed E-state index contributed by atoms with van der Waals surface area (Å²) in [7, 11) is 6.39. The van der Waals surface area contributed by atoms with Gasteiger partial charge in [0.1, 0.15) is 11.5 Å². The van der Waals surface area contributed by atoms with E-state index in [1.54, 1.807) is 60.3 Å². The summed E-state index contributed by atoms with van der Waals surface area (Å²) in [6.07, 6.45) is 3.46. The Kier molecular flexibility index (Phi) is 5.06. The van der Waals surface area contributed by atoms with E-state index >= 15 is 0 Å². The highest BCUT2D eigenvalue weighted by Gasteiger charge is 2.17. The van der Waals surface area contributed by atoms with Crippen molar-refractivity contribution in [3.05, 3.63) is 48.8 Å². The van der Waals surface area contributed by atoms with Gasteiger partial charge in [0.05, 0.1) is 46.4 Å². The fraction of sp³-hybridized carbons (Fsp3) is 0.100. The number of hydrogen-bond donors (Lipinski definition) is 2. The van der Waals surface area contributed by atoms with Gasteiger partial charge in [-0.1, -0.05) is 0 Å². The molecule has 8 heteroatoms. The third-order valence-electron chi connectivity index (χ3n) is 4.32. The number of aromatic nitrogens is 2. The fourth-order valence-electron chi connectivity index (χ4n) is 3.01. The van der Waals surface area contributed by atoms with Crippen molar-refractivity contribution in [2.75, 3.05) is 25.7 Å². The number of rotatable bonds is 5. The highest BCUT2D eigenvalue weighted by atomic mass is 33.1. The molecule has 0 saturated carbocycles. The van der Waals surface area contributed by atoms with Crippen molar-refractivity contribution in [1.82, 2.24) is 9.97 Å². The number of methoxy groups -OCH3 is 2. The Bertz CT molecular complexity index is 1090. The molecule has 6 nitrogen and oxygen atoms in total. The van der Waals surface area contributed by atoms with Crippen LogP contribution in [0.4, 0.5) is 11.4 Å². The minimum absolute atomic E-state index is 0.585. The predicted octanol–water partition coefficient (Wildman–Crippen LogP) is 4.76. The summed E-state index contributed by atoms with van der Waals surface area (Å²) in [5.41, 5.74) is 15.0. The first-order valence-electron chi connectivity index (χ1n) is 8.41. The molecule has 0 amide bonds. The quantitative estimate of drug-likeness (QED) is 0.359. The molecule has 0 radical (unpaired) electrons. The van der Waals surface area contributed by atoms with Gasteiger partial charge in [-0.2, -0.15) is 0 Å². The number of fused-ring (bicyclic) bond motifs is 2. The maximum absolute atomic E-state index is 6.14. The maximum atomic E-state index is 6.14. The highest BCUT2D eigenvalue weighted by Crippen LogP contribution is 2.51. The van der Waals surface area contributed by atoms with E-state index in [9.17, 15) is 0 Å². The molecule has 0 unspecified atom stereocenters. The van der Waals surface area contributed by atoms with Crippen molar-refractivity contribution in [2.45, 2.75) is 9.79 Å². The van der Waals surface area contributed by atoms with Crippen LogP contribution in [0, 0.1) is 0 Å². The van der Waals surface area contributed by atoms with E-state index in [0.29, 0.717) is 22.9 Å². The molecule has 4 N–H and O–H groups in total. The normalized spacial score (nSPS) is 11.1. The van der Waals surface area contributed by atoms with Gasteiger partial charge in [0.25, 0.3) is 0 Å². The number of pyridine rings is 2. The van der Waals surface area contributed by atoms with Crippen LogP contribution in [-0.2, 0) is 0 Å². The first kappa shape index (κ1) is 18.5. The van der Waals surface area contributed by atoms with Crippen LogP contribution in [-0.4, -0.2) is 24.2 Å². The molecule has 2 aromatic heterocycles. The average Bonchev–Trinajstić information content (AvgIpc) is 2.74. The molecule has 0 aliphatic rings. The second-order valence-electron chi connectivity index (χ2n) is 5.96. The Hall–Kier alpha value is -2.84. The lowest BCUT2D eigenvalue weighted by molar-refractivity contribution is 0.406. The summed E-state index contributed by atoms with van der Waals surface area (Å²) in [6.45, 7) is 0. The number of benzene rings is 2. The Labute approximate surface area is 170 Å². The van der Waals surface area contributed by atoms with E-state index in [1.165, 1.54) is 0 Å². The predicted molar refractivity (Wildman–Crippen MR) is 117 cm³/mol. The minimum atomic E-state index is 0.585. The second kappa shape index (κ2) is 7.65. The van der Waals surface area contributed by atoms with Gasteiger partial charge in [0.2, 0.25) is 0 Å². The van der Waals surface area contributed by atoms with Crippen LogP contribution in [0.25, 0.3) is 21.8 Å². The van der Waals surface area contributed by atoms with Gasteiger partial charge in [0.15, 0.2) is 0 Å². The summed E-state index contributed by atoms with van der Waals surface area (Å²) >= 11 is 0. The van der Waals surface area contributed by atoms with Crippen LogP contribution in [0.1, 0.15) is 0 Å². The molecule has 4 rings (SSSR count). The Morgan fingerprint density at radius 3 is 1.57 bits per heavy atom. The average molecular weight is 411 g/mol. The summed E-state index contributed by atoms with van der Waals surface area (Å²) in [5.74, 6) is 1.40. The summed E-state index contributed by atoms with van der Waals surface area (Å²) in [4.78, 5) is 10.7. The molecule has 0 bridgehead atoms. The van der Waals surface area contributed by atoms with Crippen molar-refractivity contribution in [3.63, 3.8) is 0 Å². The molecular formula is C20H18N4O2S2. The van der Waals surface area contributed by atoms with Crippen molar-refractivity contribution in [3.8, 4) is 11.5 Å². The van der Waals surface area contributed by atoms with E-state index in [-0.39, 0.29) is 0 Å². The first-order chi connectivity index (χ1) is 13.6. The van der Waals surface area contributed by atoms with E-state index in [1.807, 2.05) is 24.3 Å². The summed E-state index contributed by atoms with van der Waals surface area (Å²) in [6, 6.07) is 11.4. The van der Waals surface area contributed by atoms with Crippen LogP contribution in [0.5, 0.6) is 11.5 Å². The molecule has 2 aromatic carbocycles. The van der Waals surface area contributed by atoms with Gasteiger partial charge in [-0.15, -0.1) is 0 Å². The van der Waals surface area contributed by atoms with E-state index in [4.69, 9.17) is 20.9 Å². The third-order valence-corrected chi connectivity index (χ3v) is 6.83. The Morgan fingerprint density at radius 1 is 0.750 bits per heavy atom. The molecular weight excluding hydrogens is 392 g/mol. The number of nitrogen functional groups attached to an aromatic ring is 2. The summed E-state index contributed by atoms with van der Waals surface area (Å²) < 4.78 is 11.2. The molecule has 28 heavy (non-hydrogen) atoms. The molecule has 0 saturated heterocycles. The van der Waals surface area contributed by atoms with E-state index in [0.717, 1.165) is 31.6 Å². The monoisotopic (exact) mass is 410 g/mol. The van der Waals surface area contributed by atoms with Crippen molar-refractivity contribution < 1.29 is 9.47 Å². The van der Waals surface area contributed by atoms with E-state index in [2.05, 4.69) is 9.97 Å². The zero-order valence-electron chi connectivity index (χ0n) is 15.3. The zero-order chi connectivity index (χ0) is 19.7. The molecule has 0 aliphatic heterocycles. The van der Waals surface area contributed by atoms with E-state index < -0.39 is 0 Å². The fourth-order valence-corrected chi connectivity index (χ4v) is 5.67. The minimum Gasteiger partial charge on any atom is -0.495 e. The number of hydrogen-bond acceptors (Lipinski definition) is 8. The van der Waals surface area contributed by atoms with Gasteiger partial charge in [0, 0.05) is 35.3 Å². The van der Waals surface area contributed by atoms with Gasteiger partial charge in [-0.25, -0.2) is 0 Å². The molecule has 0 spiro atoms. The highest BCUT2D eigenvalue weighted by molar-refractivity contribution is 8.76. The number of ether oxygens (including phenoxy) is 2. The first-order valence-corrected chi connectivity index (χ1v) is 10.6. The Balaban J connectivity index is 1.83. The lowest BCUT2D eigenvalue weighted by Gasteiger charge is -2.15. The van der Waals surface area contributed by atoms with Gasteiger partial charge in [-0.3, -0.25) is 9.97 Å². The number of nitrogens with zero attached hydrogens (tertiary/aromatic N) is 2. The van der Waals surface area contributed by atoms with Gasteiger partial charge < -0.3 is 20.9 Å². The van der Waals surface area contributed by atoms with Crippen molar-refractivity contribution in [1.29, 1.82) is 0 Å². The summed E-state index contributed by atoms with van der Waals surface area (Å²) in [5, 5.41) is 1.88. The standard InChI is InChI=1S/C20H18N4O2S2/c1-25-15-9-13(21)17-11(5-3-7-23-17)19(15)27-28-20-12-6-4-8-24-18(12)14(22)10-16(20)26-2/h3-10H,21-22H2,1-2H3. The number of anilines is 2. The zero-order valence-corrected chi connectivity index (χ0v) is 16.9. The van der Waals surface area contributed by atoms with Gasteiger partial charge >= 0.3 is 0 Å². The maximum Gasteiger partial charge on any atom is 0.136 e. The molecule has 4 aromatic rings. The van der Waals surface area contributed by atoms with Crippen LogP contribution >= 0.6 is 21.6 Å². The smallest absolute Gasteiger partial charge is 0.136 e. The lowest BCUT2D eigenvalue weighted by Crippen LogP contribution is -1.96. The van der Waals surface area contributed by atoms with Gasteiger partial charge in [-0.05, 0) is 45.9 Å². The van der Waals surface area contributed by atoms with Crippen LogP contribution in [0.2, 0.25) is 0 Å². The topological polar surface area (TPSA) is 96.3 Å². The Morgan fingerprint density at radius 2 is 1.18 bits per heavy atom. The molecule has 2 heterocycles. The lowest BCUT2D eigenvalue weighted by atomic mass is 10.2. The van der Waals surface area contributed by atoms with Crippen molar-refractivity contribution in [2.24, 2.45) is 0 Å². The molecule has 0 fully saturated rings. The third kappa shape index (κ3) is 3.14.